The van der Waals surface area contributed by atoms with Gasteiger partial charge in [-0.05, 0) is 24.3 Å². The van der Waals surface area contributed by atoms with Crippen molar-refractivity contribution >= 4 is 40.4 Å². The largest absolute Gasteiger partial charge is 0.508 e. The molecule has 0 spiro atoms. The molecule has 0 saturated carbocycles. The molecule has 0 radical (unpaired) electrons. The Morgan fingerprint density at radius 2 is 2.08 bits per heavy atom. The number of para-hydroxylation sites is 1. The maximum absolute atomic E-state index is 12.2. The first-order chi connectivity index (χ1) is 12.1. The molecule has 1 aromatic heterocycles. The minimum absolute atomic E-state index is 0.112. The monoisotopic (exact) mass is 357 g/mol. The van der Waals surface area contributed by atoms with E-state index in [1.165, 1.54) is 18.9 Å². The van der Waals surface area contributed by atoms with Crippen LogP contribution in [0, 0.1) is 0 Å². The standard InChI is InChI=1S/C17H15N3O4S/c1-24-16(23)11-4-2-3-5-12(11)18-15(22)9-25-17-19-13-7-6-10(21)8-14(13)20-17/h2-8,21H,9H2,1H3,(H,18,22)(H,19,20). The van der Waals surface area contributed by atoms with Crippen LogP contribution in [0.15, 0.2) is 47.6 Å². The van der Waals surface area contributed by atoms with Gasteiger partial charge >= 0.3 is 5.97 Å². The van der Waals surface area contributed by atoms with Crippen LogP contribution in [0.1, 0.15) is 10.4 Å². The number of rotatable bonds is 5. The van der Waals surface area contributed by atoms with Gasteiger partial charge in [0, 0.05) is 6.07 Å². The Labute approximate surface area is 147 Å². The van der Waals surface area contributed by atoms with Crippen LogP contribution in [-0.4, -0.2) is 39.8 Å². The second kappa shape index (κ2) is 7.27. The number of hydrogen-bond acceptors (Lipinski definition) is 6. The van der Waals surface area contributed by atoms with Crippen molar-refractivity contribution in [1.29, 1.82) is 0 Å². The fourth-order valence-electron chi connectivity index (χ4n) is 2.24. The molecule has 1 heterocycles. The second-order valence-corrected chi connectivity index (χ2v) is 6.08. The Kier molecular flexibility index (Phi) is 4.90. The summed E-state index contributed by atoms with van der Waals surface area (Å²) in [6.45, 7) is 0. The third kappa shape index (κ3) is 3.92. The highest BCUT2D eigenvalue weighted by molar-refractivity contribution is 7.99. The first-order valence-electron chi connectivity index (χ1n) is 7.35. The Bertz CT molecular complexity index is 939. The Balaban J connectivity index is 1.66. The van der Waals surface area contributed by atoms with Gasteiger partial charge in [-0.2, -0.15) is 0 Å². The predicted octanol–water partition coefficient (Wildman–Crippen LogP) is 2.79. The number of aromatic hydroxyl groups is 1. The zero-order valence-electron chi connectivity index (χ0n) is 13.3. The number of aromatic amines is 1. The van der Waals surface area contributed by atoms with Crippen molar-refractivity contribution in [3.05, 3.63) is 48.0 Å². The zero-order valence-corrected chi connectivity index (χ0v) is 14.1. The van der Waals surface area contributed by atoms with Gasteiger partial charge in [-0.15, -0.1) is 0 Å². The summed E-state index contributed by atoms with van der Waals surface area (Å²) in [7, 11) is 1.29. The van der Waals surface area contributed by atoms with Crippen molar-refractivity contribution in [1.82, 2.24) is 9.97 Å². The van der Waals surface area contributed by atoms with Crippen LogP contribution in [0.5, 0.6) is 5.75 Å². The van der Waals surface area contributed by atoms with Crippen molar-refractivity contribution in [2.75, 3.05) is 18.2 Å². The third-order valence-corrected chi connectivity index (χ3v) is 4.26. The van der Waals surface area contributed by atoms with E-state index in [-0.39, 0.29) is 17.4 Å². The van der Waals surface area contributed by atoms with Gasteiger partial charge in [0.2, 0.25) is 5.91 Å². The summed E-state index contributed by atoms with van der Waals surface area (Å²) in [5.41, 5.74) is 2.09. The van der Waals surface area contributed by atoms with Crippen LogP contribution in [0.25, 0.3) is 11.0 Å². The number of H-pyrrole nitrogens is 1. The fourth-order valence-corrected chi connectivity index (χ4v) is 2.93. The van der Waals surface area contributed by atoms with Crippen LogP contribution in [0.3, 0.4) is 0 Å². The summed E-state index contributed by atoms with van der Waals surface area (Å²) in [6, 6.07) is 11.4. The molecule has 3 aromatic rings. The number of phenolic OH excluding ortho intramolecular Hbond substituents is 1. The molecule has 25 heavy (non-hydrogen) atoms. The fraction of sp³-hybridized carbons (Fsp3) is 0.118. The number of aromatic nitrogens is 2. The van der Waals surface area contributed by atoms with Crippen LogP contribution in [-0.2, 0) is 9.53 Å². The summed E-state index contributed by atoms with van der Waals surface area (Å²) < 4.78 is 4.70. The number of nitrogens with one attached hydrogen (secondary N) is 2. The maximum atomic E-state index is 12.2. The molecule has 0 aliphatic carbocycles. The number of imidazole rings is 1. The number of esters is 1. The predicted molar refractivity (Wildman–Crippen MR) is 94.9 cm³/mol. The lowest BCUT2D eigenvalue weighted by Gasteiger charge is -2.08. The zero-order chi connectivity index (χ0) is 17.8. The number of fused-ring (bicyclic) bond motifs is 1. The van der Waals surface area contributed by atoms with Crippen LogP contribution >= 0.6 is 11.8 Å². The molecule has 7 nitrogen and oxygen atoms in total. The second-order valence-electron chi connectivity index (χ2n) is 5.12. The van der Waals surface area contributed by atoms with E-state index < -0.39 is 5.97 Å². The van der Waals surface area contributed by atoms with Gasteiger partial charge in [-0.25, -0.2) is 9.78 Å². The first kappa shape index (κ1) is 16.8. The molecule has 0 atom stereocenters. The number of carbonyl (C=O) groups excluding carboxylic acids is 2. The number of benzene rings is 2. The summed E-state index contributed by atoms with van der Waals surface area (Å²) in [6.07, 6.45) is 0. The van der Waals surface area contributed by atoms with E-state index in [2.05, 4.69) is 15.3 Å². The van der Waals surface area contributed by atoms with E-state index >= 15 is 0 Å². The number of phenols is 1. The Morgan fingerprint density at radius 1 is 1.28 bits per heavy atom. The number of hydrogen-bond donors (Lipinski definition) is 3. The number of nitrogens with zero attached hydrogens (tertiary/aromatic N) is 1. The van der Waals surface area contributed by atoms with E-state index in [1.807, 2.05) is 0 Å². The summed E-state index contributed by atoms with van der Waals surface area (Å²) in [5.74, 6) is -0.531. The number of thioether (sulfide) groups is 1. The van der Waals surface area contributed by atoms with Crippen molar-refractivity contribution < 1.29 is 19.4 Å². The van der Waals surface area contributed by atoms with Gasteiger partial charge in [0.25, 0.3) is 0 Å². The lowest BCUT2D eigenvalue weighted by atomic mass is 10.2. The van der Waals surface area contributed by atoms with Crippen molar-refractivity contribution in [3.8, 4) is 5.75 Å². The van der Waals surface area contributed by atoms with E-state index in [0.29, 0.717) is 27.4 Å². The molecule has 0 saturated heterocycles. The Morgan fingerprint density at radius 3 is 2.88 bits per heavy atom. The van der Waals surface area contributed by atoms with Crippen LogP contribution in [0.4, 0.5) is 5.69 Å². The van der Waals surface area contributed by atoms with Crippen LogP contribution in [0.2, 0.25) is 0 Å². The highest BCUT2D eigenvalue weighted by atomic mass is 32.2. The van der Waals surface area contributed by atoms with Gasteiger partial charge in [0.05, 0.1) is 35.1 Å². The van der Waals surface area contributed by atoms with Gasteiger partial charge < -0.3 is 20.1 Å². The van der Waals surface area contributed by atoms with Crippen molar-refractivity contribution in [2.45, 2.75) is 5.16 Å². The SMILES string of the molecule is COC(=O)c1ccccc1NC(=O)CSc1nc2ccc(O)cc2[nH]1. The molecule has 1 amide bonds. The molecule has 0 unspecified atom stereocenters. The third-order valence-electron chi connectivity index (χ3n) is 3.39. The molecule has 0 fully saturated rings. The molecule has 3 N–H and O–H groups in total. The number of ether oxygens (including phenoxy) is 1. The Hall–Kier alpha value is -3.00. The average molecular weight is 357 g/mol. The summed E-state index contributed by atoms with van der Waals surface area (Å²) >= 11 is 1.22. The van der Waals surface area contributed by atoms with Gasteiger partial charge in [0.15, 0.2) is 5.16 Å². The maximum Gasteiger partial charge on any atom is 0.339 e. The van der Waals surface area contributed by atoms with Crippen LogP contribution < -0.4 is 5.32 Å². The molecule has 0 bridgehead atoms. The highest BCUT2D eigenvalue weighted by Gasteiger charge is 2.14. The molecule has 3 rings (SSSR count). The molecule has 2 aromatic carbocycles. The number of anilines is 1. The van der Waals surface area contributed by atoms with E-state index in [9.17, 15) is 14.7 Å². The van der Waals surface area contributed by atoms with Gasteiger partial charge in [0.1, 0.15) is 5.75 Å². The van der Waals surface area contributed by atoms with Gasteiger partial charge in [-0.3, -0.25) is 4.79 Å². The average Bonchev–Trinajstić information content (AvgIpc) is 3.02. The number of amides is 1. The molecular weight excluding hydrogens is 342 g/mol. The van der Waals surface area contributed by atoms with Crippen molar-refractivity contribution in [2.24, 2.45) is 0 Å². The van der Waals surface area contributed by atoms with E-state index in [0.717, 1.165) is 0 Å². The normalized spacial score (nSPS) is 10.6. The quantitative estimate of drug-likeness (QED) is 0.479. The summed E-state index contributed by atoms with van der Waals surface area (Å²) in [4.78, 5) is 31.2. The molecule has 128 valence electrons. The van der Waals surface area contributed by atoms with Crippen molar-refractivity contribution in [3.63, 3.8) is 0 Å². The molecule has 8 heteroatoms. The molecule has 0 aliphatic heterocycles. The lowest BCUT2D eigenvalue weighted by Crippen LogP contribution is -2.17. The minimum atomic E-state index is -0.513. The molecule has 0 aliphatic rings. The first-order valence-corrected chi connectivity index (χ1v) is 8.34. The molecular formula is C17H15N3O4S. The van der Waals surface area contributed by atoms with E-state index in [4.69, 9.17) is 4.74 Å². The minimum Gasteiger partial charge on any atom is -0.508 e. The van der Waals surface area contributed by atoms with E-state index in [1.54, 1.807) is 42.5 Å². The smallest absolute Gasteiger partial charge is 0.339 e. The topological polar surface area (TPSA) is 104 Å². The number of methoxy groups -OCH3 is 1. The highest BCUT2D eigenvalue weighted by Crippen LogP contribution is 2.23. The summed E-state index contributed by atoms with van der Waals surface area (Å²) in [5, 5.41) is 12.7. The van der Waals surface area contributed by atoms with Gasteiger partial charge in [-0.1, -0.05) is 23.9 Å². The number of carbonyl (C=O) groups is 2. The lowest BCUT2D eigenvalue weighted by molar-refractivity contribution is -0.113.